The third kappa shape index (κ3) is 4.34. The SMILES string of the molecule is COCC(=O)Nc1c(C(=O)N2CCN(c3ccc(OC)cc3)CC2)oc2ccccc12. The van der Waals surface area contributed by atoms with Gasteiger partial charge in [0.2, 0.25) is 11.7 Å². The van der Waals surface area contributed by atoms with E-state index in [0.29, 0.717) is 42.8 Å². The second kappa shape index (κ2) is 9.09. The topological polar surface area (TPSA) is 84.2 Å². The molecule has 162 valence electrons. The highest BCUT2D eigenvalue weighted by Crippen LogP contribution is 2.32. The van der Waals surface area contributed by atoms with E-state index in [1.165, 1.54) is 7.11 Å². The van der Waals surface area contributed by atoms with Crippen LogP contribution in [0.5, 0.6) is 5.75 Å². The van der Waals surface area contributed by atoms with Crippen LogP contribution in [0.25, 0.3) is 11.0 Å². The minimum Gasteiger partial charge on any atom is -0.497 e. The molecule has 2 aromatic carbocycles. The minimum absolute atomic E-state index is 0.103. The van der Waals surface area contributed by atoms with Crippen molar-refractivity contribution in [2.24, 2.45) is 0 Å². The quantitative estimate of drug-likeness (QED) is 0.656. The first kappa shape index (κ1) is 20.7. The van der Waals surface area contributed by atoms with Crippen molar-refractivity contribution in [2.75, 3.05) is 57.2 Å². The molecule has 1 aliphatic rings. The zero-order valence-electron chi connectivity index (χ0n) is 17.6. The number of piperazine rings is 1. The van der Waals surface area contributed by atoms with Gasteiger partial charge in [-0.3, -0.25) is 9.59 Å². The molecule has 0 radical (unpaired) electrons. The Balaban J connectivity index is 1.51. The van der Waals surface area contributed by atoms with Gasteiger partial charge in [0.1, 0.15) is 23.6 Å². The molecular formula is C23H25N3O5. The van der Waals surface area contributed by atoms with E-state index in [1.807, 2.05) is 42.5 Å². The molecule has 0 atom stereocenters. The molecule has 0 spiro atoms. The first-order valence-electron chi connectivity index (χ1n) is 10.1. The average Bonchev–Trinajstić information content (AvgIpc) is 3.17. The lowest BCUT2D eigenvalue weighted by atomic mass is 10.2. The van der Waals surface area contributed by atoms with Gasteiger partial charge in [-0.2, -0.15) is 0 Å². The highest BCUT2D eigenvalue weighted by molar-refractivity contribution is 6.11. The Hall–Kier alpha value is -3.52. The lowest BCUT2D eigenvalue weighted by Crippen LogP contribution is -2.48. The van der Waals surface area contributed by atoms with E-state index in [9.17, 15) is 9.59 Å². The number of nitrogens with one attached hydrogen (secondary N) is 1. The molecule has 2 amide bonds. The number of hydrogen-bond donors (Lipinski definition) is 1. The van der Waals surface area contributed by atoms with Crippen LogP contribution in [-0.4, -0.2) is 63.7 Å². The number of carbonyl (C=O) groups is 2. The van der Waals surface area contributed by atoms with Crippen molar-refractivity contribution in [1.29, 1.82) is 0 Å². The van der Waals surface area contributed by atoms with Gasteiger partial charge in [-0.15, -0.1) is 0 Å². The number of benzene rings is 2. The number of fused-ring (bicyclic) bond motifs is 1. The Morgan fingerprint density at radius 2 is 1.71 bits per heavy atom. The molecule has 31 heavy (non-hydrogen) atoms. The summed E-state index contributed by atoms with van der Waals surface area (Å²) in [7, 11) is 3.09. The van der Waals surface area contributed by atoms with E-state index in [0.717, 1.165) is 11.4 Å². The average molecular weight is 423 g/mol. The Morgan fingerprint density at radius 1 is 1.00 bits per heavy atom. The highest BCUT2D eigenvalue weighted by Gasteiger charge is 2.29. The molecule has 4 rings (SSSR count). The van der Waals surface area contributed by atoms with Crippen LogP contribution < -0.4 is 15.0 Å². The van der Waals surface area contributed by atoms with E-state index in [2.05, 4.69) is 10.2 Å². The van der Waals surface area contributed by atoms with Gasteiger partial charge in [0.15, 0.2) is 0 Å². The first-order valence-corrected chi connectivity index (χ1v) is 10.1. The van der Waals surface area contributed by atoms with Crippen LogP contribution in [0.4, 0.5) is 11.4 Å². The second-order valence-electron chi connectivity index (χ2n) is 7.26. The van der Waals surface area contributed by atoms with Crippen LogP contribution >= 0.6 is 0 Å². The molecule has 0 bridgehead atoms. The summed E-state index contributed by atoms with van der Waals surface area (Å²) in [6.45, 7) is 2.39. The monoisotopic (exact) mass is 423 g/mol. The van der Waals surface area contributed by atoms with Gasteiger partial charge in [-0.1, -0.05) is 12.1 Å². The number of carbonyl (C=O) groups excluding carboxylic acids is 2. The number of nitrogens with zero attached hydrogens (tertiary/aromatic N) is 2. The van der Waals surface area contributed by atoms with Gasteiger partial charge in [-0.25, -0.2) is 0 Å². The summed E-state index contributed by atoms with van der Waals surface area (Å²) in [6.07, 6.45) is 0. The molecule has 3 aromatic rings. The van der Waals surface area contributed by atoms with Crippen molar-refractivity contribution in [1.82, 2.24) is 4.90 Å². The van der Waals surface area contributed by atoms with Crippen LogP contribution in [0.1, 0.15) is 10.6 Å². The van der Waals surface area contributed by atoms with Crippen molar-refractivity contribution in [2.45, 2.75) is 0 Å². The predicted octanol–water partition coefficient (Wildman–Crippen LogP) is 2.99. The molecular weight excluding hydrogens is 398 g/mol. The van der Waals surface area contributed by atoms with Gasteiger partial charge in [0.05, 0.1) is 7.11 Å². The molecule has 8 heteroatoms. The predicted molar refractivity (Wildman–Crippen MR) is 118 cm³/mol. The van der Waals surface area contributed by atoms with Crippen molar-refractivity contribution < 1.29 is 23.5 Å². The summed E-state index contributed by atoms with van der Waals surface area (Å²) < 4.78 is 16.0. The fourth-order valence-electron chi connectivity index (χ4n) is 3.73. The van der Waals surface area contributed by atoms with Crippen LogP contribution in [0, 0.1) is 0 Å². The first-order chi connectivity index (χ1) is 15.1. The second-order valence-corrected chi connectivity index (χ2v) is 7.26. The molecule has 2 heterocycles. The lowest BCUT2D eigenvalue weighted by Gasteiger charge is -2.35. The maximum absolute atomic E-state index is 13.3. The summed E-state index contributed by atoms with van der Waals surface area (Å²) >= 11 is 0. The summed E-state index contributed by atoms with van der Waals surface area (Å²) in [5.74, 6) is 0.375. The van der Waals surface area contributed by atoms with Crippen LogP contribution in [0.2, 0.25) is 0 Å². The zero-order chi connectivity index (χ0) is 21.8. The zero-order valence-corrected chi connectivity index (χ0v) is 17.6. The Bertz CT molecular complexity index is 1070. The fraction of sp³-hybridized carbons (Fsp3) is 0.304. The third-order valence-electron chi connectivity index (χ3n) is 5.33. The number of methoxy groups -OCH3 is 2. The van der Waals surface area contributed by atoms with Crippen LogP contribution in [-0.2, 0) is 9.53 Å². The maximum Gasteiger partial charge on any atom is 0.291 e. The highest BCUT2D eigenvalue weighted by atomic mass is 16.5. The number of amides is 2. The molecule has 1 saturated heterocycles. The van der Waals surface area contributed by atoms with Crippen LogP contribution in [0.15, 0.2) is 52.9 Å². The summed E-state index contributed by atoms with van der Waals surface area (Å²) in [6, 6.07) is 15.1. The van der Waals surface area contributed by atoms with Crippen LogP contribution in [0.3, 0.4) is 0 Å². The Labute approximate surface area is 180 Å². The molecule has 1 aliphatic heterocycles. The number of rotatable bonds is 6. The van der Waals surface area contributed by atoms with Crippen molar-refractivity contribution in [3.05, 3.63) is 54.3 Å². The molecule has 1 fully saturated rings. The normalized spacial score (nSPS) is 14.0. The number of hydrogen-bond acceptors (Lipinski definition) is 6. The molecule has 0 aliphatic carbocycles. The lowest BCUT2D eigenvalue weighted by molar-refractivity contribution is -0.119. The van der Waals surface area contributed by atoms with E-state index >= 15 is 0 Å². The smallest absolute Gasteiger partial charge is 0.291 e. The molecule has 1 N–H and O–H groups in total. The van der Waals surface area contributed by atoms with Gasteiger partial charge < -0.3 is 29.0 Å². The number of ether oxygens (including phenoxy) is 2. The number of anilines is 2. The number of furan rings is 1. The Kier molecular flexibility index (Phi) is 6.08. The molecule has 1 aromatic heterocycles. The molecule has 8 nitrogen and oxygen atoms in total. The summed E-state index contributed by atoms with van der Waals surface area (Å²) in [4.78, 5) is 29.4. The third-order valence-corrected chi connectivity index (χ3v) is 5.33. The largest absolute Gasteiger partial charge is 0.497 e. The van der Waals surface area contributed by atoms with E-state index < -0.39 is 0 Å². The van der Waals surface area contributed by atoms with Gasteiger partial charge in [-0.05, 0) is 36.4 Å². The maximum atomic E-state index is 13.3. The summed E-state index contributed by atoms with van der Waals surface area (Å²) in [5, 5.41) is 3.46. The van der Waals surface area contributed by atoms with Crippen molar-refractivity contribution in [3.63, 3.8) is 0 Å². The number of para-hydroxylation sites is 1. The van der Waals surface area contributed by atoms with E-state index in [-0.39, 0.29) is 24.2 Å². The van der Waals surface area contributed by atoms with E-state index in [1.54, 1.807) is 18.1 Å². The van der Waals surface area contributed by atoms with Gasteiger partial charge in [0.25, 0.3) is 5.91 Å². The van der Waals surface area contributed by atoms with Gasteiger partial charge in [0, 0.05) is 44.4 Å². The minimum atomic E-state index is -0.340. The van der Waals surface area contributed by atoms with Crippen molar-refractivity contribution >= 4 is 34.2 Å². The Morgan fingerprint density at radius 3 is 2.39 bits per heavy atom. The molecule has 0 unspecified atom stereocenters. The molecule has 0 saturated carbocycles. The summed E-state index contributed by atoms with van der Waals surface area (Å²) in [5.41, 5.74) is 2.03. The van der Waals surface area contributed by atoms with E-state index in [4.69, 9.17) is 13.9 Å². The van der Waals surface area contributed by atoms with Crippen molar-refractivity contribution in [3.8, 4) is 5.75 Å². The fourth-order valence-corrected chi connectivity index (χ4v) is 3.73. The van der Waals surface area contributed by atoms with Gasteiger partial charge >= 0.3 is 0 Å². The standard InChI is InChI=1S/C23H25N3O5/c1-29-15-20(27)24-21-18-5-3-4-6-19(18)31-22(21)23(28)26-13-11-25(12-14-26)16-7-9-17(30-2)10-8-16/h3-10H,11-15H2,1-2H3,(H,24,27).